The molecule has 0 unspecified atom stereocenters. The Morgan fingerprint density at radius 2 is 2.25 bits per heavy atom. The number of hydrogen-bond acceptors (Lipinski definition) is 4. The summed E-state index contributed by atoms with van der Waals surface area (Å²) in [5.74, 6) is 0.463. The molecule has 2 rings (SSSR count). The van der Waals surface area contributed by atoms with Gasteiger partial charge >= 0.3 is 0 Å². The number of anilines is 1. The Balaban J connectivity index is 2.45. The van der Waals surface area contributed by atoms with Crippen molar-refractivity contribution in [1.82, 2.24) is 9.55 Å². The van der Waals surface area contributed by atoms with Gasteiger partial charge in [0.2, 0.25) is 5.88 Å². The van der Waals surface area contributed by atoms with Gasteiger partial charge in [-0.15, -0.1) is 0 Å². The number of nitrogens with two attached hydrogens (primary N) is 1. The Morgan fingerprint density at radius 1 is 1.44 bits per heavy atom. The van der Waals surface area contributed by atoms with Crippen LogP contribution in [0.1, 0.15) is 0 Å². The van der Waals surface area contributed by atoms with E-state index in [-0.39, 0.29) is 0 Å². The van der Waals surface area contributed by atoms with Crippen molar-refractivity contribution in [2.24, 2.45) is 0 Å². The van der Waals surface area contributed by atoms with Crippen molar-refractivity contribution >= 4 is 16.7 Å². The highest BCUT2D eigenvalue weighted by atomic mass is 16.5. The van der Waals surface area contributed by atoms with Crippen LogP contribution >= 0.6 is 0 Å². The van der Waals surface area contributed by atoms with E-state index in [4.69, 9.17) is 15.2 Å². The standard InChI is InChI=1S/C11H15N3O2/c1-15-6-5-14-4-3-8-7-9(12)11(16-2)13-10(8)14/h3-4,7H,5-6,12H2,1-2H3. The van der Waals surface area contributed by atoms with Crippen molar-refractivity contribution in [1.29, 1.82) is 0 Å². The van der Waals surface area contributed by atoms with E-state index < -0.39 is 0 Å². The first kappa shape index (κ1) is 10.8. The number of fused-ring (bicyclic) bond motifs is 1. The summed E-state index contributed by atoms with van der Waals surface area (Å²) < 4.78 is 12.2. The summed E-state index contributed by atoms with van der Waals surface area (Å²) in [6, 6.07) is 3.85. The summed E-state index contributed by atoms with van der Waals surface area (Å²) in [4.78, 5) is 4.37. The molecule has 0 aliphatic heterocycles. The van der Waals surface area contributed by atoms with Gasteiger partial charge in [-0.05, 0) is 12.1 Å². The van der Waals surface area contributed by atoms with Crippen LogP contribution < -0.4 is 10.5 Å². The van der Waals surface area contributed by atoms with Crippen LogP contribution in [-0.2, 0) is 11.3 Å². The molecule has 5 nitrogen and oxygen atoms in total. The van der Waals surface area contributed by atoms with Gasteiger partial charge in [0.1, 0.15) is 5.65 Å². The zero-order valence-corrected chi connectivity index (χ0v) is 9.43. The molecule has 0 aromatic carbocycles. The van der Waals surface area contributed by atoms with E-state index in [9.17, 15) is 0 Å². The topological polar surface area (TPSA) is 62.3 Å². The molecule has 16 heavy (non-hydrogen) atoms. The molecule has 86 valence electrons. The second kappa shape index (κ2) is 4.40. The second-order valence-corrected chi connectivity index (χ2v) is 3.50. The molecule has 0 saturated carbocycles. The van der Waals surface area contributed by atoms with Gasteiger partial charge in [0.25, 0.3) is 0 Å². The quantitative estimate of drug-likeness (QED) is 0.844. The number of nitrogen functional groups attached to an aromatic ring is 1. The molecule has 0 atom stereocenters. The first-order valence-electron chi connectivity index (χ1n) is 5.04. The van der Waals surface area contributed by atoms with Gasteiger partial charge in [0, 0.05) is 25.2 Å². The number of ether oxygens (including phenoxy) is 2. The molecule has 2 heterocycles. The zero-order chi connectivity index (χ0) is 11.5. The third-order valence-corrected chi connectivity index (χ3v) is 2.46. The molecular formula is C11H15N3O2. The fraction of sp³-hybridized carbons (Fsp3) is 0.364. The van der Waals surface area contributed by atoms with Gasteiger partial charge in [-0.3, -0.25) is 0 Å². The predicted octanol–water partition coefficient (Wildman–Crippen LogP) is 1.27. The summed E-state index contributed by atoms with van der Waals surface area (Å²) in [5.41, 5.74) is 7.20. The van der Waals surface area contributed by atoms with Crippen LogP contribution in [0.4, 0.5) is 5.69 Å². The molecule has 0 aliphatic carbocycles. The average molecular weight is 221 g/mol. The molecule has 0 saturated heterocycles. The summed E-state index contributed by atoms with van der Waals surface area (Å²) in [5, 5.41) is 1.01. The molecule has 0 bridgehead atoms. The predicted molar refractivity (Wildman–Crippen MR) is 62.6 cm³/mol. The van der Waals surface area contributed by atoms with Gasteiger partial charge in [-0.25, -0.2) is 0 Å². The highest BCUT2D eigenvalue weighted by molar-refractivity contribution is 5.81. The fourth-order valence-electron chi connectivity index (χ4n) is 1.65. The van der Waals surface area contributed by atoms with Crippen LogP contribution in [0.3, 0.4) is 0 Å². The maximum Gasteiger partial charge on any atom is 0.238 e. The largest absolute Gasteiger partial charge is 0.479 e. The molecule has 5 heteroatoms. The van der Waals surface area contributed by atoms with Gasteiger partial charge in [-0.1, -0.05) is 0 Å². The molecule has 0 aliphatic rings. The Hall–Kier alpha value is -1.75. The van der Waals surface area contributed by atoms with Crippen LogP contribution in [0, 0.1) is 0 Å². The fourth-order valence-corrected chi connectivity index (χ4v) is 1.65. The van der Waals surface area contributed by atoms with Crippen molar-refractivity contribution in [3.05, 3.63) is 18.3 Å². The van der Waals surface area contributed by atoms with Gasteiger partial charge in [0.05, 0.1) is 19.4 Å². The summed E-state index contributed by atoms with van der Waals surface area (Å²) >= 11 is 0. The molecule has 0 spiro atoms. The molecular weight excluding hydrogens is 206 g/mol. The molecule has 2 N–H and O–H groups in total. The number of nitrogens with zero attached hydrogens (tertiary/aromatic N) is 2. The van der Waals surface area contributed by atoms with E-state index in [1.807, 2.05) is 22.9 Å². The summed E-state index contributed by atoms with van der Waals surface area (Å²) in [6.07, 6.45) is 1.97. The van der Waals surface area contributed by atoms with E-state index in [1.54, 1.807) is 14.2 Å². The van der Waals surface area contributed by atoms with Crippen molar-refractivity contribution in [3.63, 3.8) is 0 Å². The van der Waals surface area contributed by atoms with Crippen LogP contribution in [0.15, 0.2) is 18.3 Å². The van der Waals surface area contributed by atoms with E-state index >= 15 is 0 Å². The van der Waals surface area contributed by atoms with E-state index in [2.05, 4.69) is 4.98 Å². The monoisotopic (exact) mass is 221 g/mol. The Morgan fingerprint density at radius 3 is 2.94 bits per heavy atom. The van der Waals surface area contributed by atoms with E-state index in [0.29, 0.717) is 18.2 Å². The van der Waals surface area contributed by atoms with Crippen molar-refractivity contribution in [2.45, 2.75) is 6.54 Å². The third kappa shape index (κ3) is 1.81. The first-order valence-corrected chi connectivity index (χ1v) is 5.04. The van der Waals surface area contributed by atoms with Crippen LogP contribution in [0.2, 0.25) is 0 Å². The smallest absolute Gasteiger partial charge is 0.238 e. The van der Waals surface area contributed by atoms with E-state index in [1.165, 1.54) is 0 Å². The lowest BCUT2D eigenvalue weighted by Crippen LogP contribution is -2.04. The minimum Gasteiger partial charge on any atom is -0.479 e. The Bertz CT molecular complexity index is 493. The summed E-state index contributed by atoms with van der Waals surface area (Å²) in [7, 11) is 3.24. The molecule has 2 aromatic rings. The number of hydrogen-bond donors (Lipinski definition) is 1. The Kier molecular flexibility index (Phi) is 2.96. The van der Waals surface area contributed by atoms with Gasteiger partial charge in [-0.2, -0.15) is 4.98 Å². The van der Waals surface area contributed by atoms with Crippen LogP contribution in [0.5, 0.6) is 5.88 Å². The SMILES string of the molecule is COCCn1ccc2cc(N)c(OC)nc21. The number of aromatic nitrogens is 2. The third-order valence-electron chi connectivity index (χ3n) is 2.46. The van der Waals surface area contributed by atoms with Crippen molar-refractivity contribution in [2.75, 3.05) is 26.6 Å². The highest BCUT2D eigenvalue weighted by Gasteiger charge is 2.07. The van der Waals surface area contributed by atoms with Gasteiger partial charge in [0.15, 0.2) is 0 Å². The zero-order valence-electron chi connectivity index (χ0n) is 9.43. The highest BCUT2D eigenvalue weighted by Crippen LogP contribution is 2.24. The minimum atomic E-state index is 0.463. The van der Waals surface area contributed by atoms with Gasteiger partial charge < -0.3 is 19.8 Å². The first-order chi connectivity index (χ1) is 7.76. The molecule has 0 radical (unpaired) electrons. The minimum absolute atomic E-state index is 0.463. The summed E-state index contributed by atoms with van der Waals surface area (Å²) in [6.45, 7) is 1.41. The lowest BCUT2D eigenvalue weighted by Gasteiger charge is -2.06. The molecule has 0 fully saturated rings. The van der Waals surface area contributed by atoms with Crippen LogP contribution in [-0.4, -0.2) is 30.4 Å². The lowest BCUT2D eigenvalue weighted by atomic mass is 10.3. The van der Waals surface area contributed by atoms with E-state index in [0.717, 1.165) is 17.6 Å². The number of rotatable bonds is 4. The second-order valence-electron chi connectivity index (χ2n) is 3.50. The average Bonchev–Trinajstić information content (AvgIpc) is 2.67. The molecule has 0 amide bonds. The van der Waals surface area contributed by atoms with Crippen LogP contribution in [0.25, 0.3) is 11.0 Å². The van der Waals surface area contributed by atoms with Crippen molar-refractivity contribution < 1.29 is 9.47 Å². The number of pyridine rings is 1. The maximum absolute atomic E-state index is 5.79. The lowest BCUT2D eigenvalue weighted by molar-refractivity contribution is 0.188. The van der Waals surface area contributed by atoms with Crippen molar-refractivity contribution in [3.8, 4) is 5.88 Å². The normalized spacial score (nSPS) is 10.9. The Labute approximate surface area is 93.8 Å². The number of methoxy groups -OCH3 is 2. The molecule has 2 aromatic heterocycles. The maximum atomic E-state index is 5.79.